The van der Waals surface area contributed by atoms with E-state index in [0.717, 1.165) is 25.1 Å². The molecule has 0 aromatic carbocycles. The van der Waals surface area contributed by atoms with E-state index in [1.54, 1.807) is 6.07 Å². The molecule has 78 valence electrons. The number of ether oxygens (including phenoxy) is 2. The summed E-state index contributed by atoms with van der Waals surface area (Å²) in [5.74, 6) is 0.380. The Hall–Kier alpha value is -1.60. The van der Waals surface area contributed by atoms with Crippen LogP contribution in [0.15, 0.2) is 12.1 Å². The molecule has 4 heteroatoms. The minimum atomic E-state index is 0.0617. The van der Waals surface area contributed by atoms with Crippen molar-refractivity contribution in [3.8, 4) is 11.9 Å². The summed E-state index contributed by atoms with van der Waals surface area (Å²) >= 11 is 0. The molecule has 15 heavy (non-hydrogen) atoms. The third-order valence-corrected chi connectivity index (χ3v) is 2.46. The van der Waals surface area contributed by atoms with E-state index in [4.69, 9.17) is 14.7 Å². The summed E-state index contributed by atoms with van der Waals surface area (Å²) in [6.45, 7) is 0.786. The van der Waals surface area contributed by atoms with Crippen LogP contribution in [0.3, 0.4) is 0 Å². The molecule has 2 heterocycles. The molecular formula is C11H12N2O2. The van der Waals surface area contributed by atoms with Crippen LogP contribution in [0, 0.1) is 11.3 Å². The molecule has 1 fully saturated rings. The number of aromatic nitrogens is 1. The topological polar surface area (TPSA) is 55.1 Å². The zero-order valence-electron chi connectivity index (χ0n) is 8.56. The Morgan fingerprint density at radius 1 is 1.60 bits per heavy atom. The van der Waals surface area contributed by atoms with Gasteiger partial charge in [-0.25, -0.2) is 4.98 Å². The fourth-order valence-electron chi connectivity index (χ4n) is 1.69. The van der Waals surface area contributed by atoms with Crippen molar-refractivity contribution in [1.29, 1.82) is 5.26 Å². The van der Waals surface area contributed by atoms with Crippen LogP contribution in [-0.2, 0) is 4.74 Å². The minimum absolute atomic E-state index is 0.0617. The Bertz CT molecular complexity index is 392. The molecular weight excluding hydrogens is 192 g/mol. The van der Waals surface area contributed by atoms with Crippen molar-refractivity contribution in [1.82, 2.24) is 4.98 Å². The Kier molecular flexibility index (Phi) is 2.84. The van der Waals surface area contributed by atoms with E-state index >= 15 is 0 Å². The van der Waals surface area contributed by atoms with Crippen molar-refractivity contribution in [2.45, 2.75) is 18.9 Å². The molecule has 0 radical (unpaired) electrons. The van der Waals surface area contributed by atoms with Crippen molar-refractivity contribution >= 4 is 0 Å². The van der Waals surface area contributed by atoms with Gasteiger partial charge in [0.25, 0.3) is 0 Å². The van der Waals surface area contributed by atoms with Crippen LogP contribution in [0.2, 0.25) is 0 Å². The van der Waals surface area contributed by atoms with Gasteiger partial charge in [-0.1, -0.05) is 0 Å². The summed E-state index contributed by atoms with van der Waals surface area (Å²) in [6.07, 6.45) is 2.11. The van der Waals surface area contributed by atoms with Crippen molar-refractivity contribution in [3.63, 3.8) is 0 Å². The molecule has 1 aromatic heterocycles. The van der Waals surface area contributed by atoms with Crippen molar-refractivity contribution in [2.75, 3.05) is 13.7 Å². The zero-order valence-corrected chi connectivity index (χ0v) is 8.56. The predicted octanol–water partition coefficient (Wildman–Crippen LogP) is 1.81. The third-order valence-electron chi connectivity index (χ3n) is 2.46. The molecule has 1 aliphatic heterocycles. The van der Waals surface area contributed by atoms with Crippen molar-refractivity contribution in [2.24, 2.45) is 0 Å². The van der Waals surface area contributed by atoms with E-state index < -0.39 is 0 Å². The predicted molar refractivity (Wildman–Crippen MR) is 53.4 cm³/mol. The van der Waals surface area contributed by atoms with Gasteiger partial charge in [-0.2, -0.15) is 5.26 Å². The largest absolute Gasteiger partial charge is 0.480 e. The van der Waals surface area contributed by atoms with E-state index in [2.05, 4.69) is 4.98 Å². The number of nitrogens with zero attached hydrogens (tertiary/aromatic N) is 2. The van der Waals surface area contributed by atoms with Gasteiger partial charge < -0.3 is 9.47 Å². The number of methoxy groups -OCH3 is 1. The number of nitriles is 1. The van der Waals surface area contributed by atoms with E-state index in [9.17, 15) is 0 Å². The van der Waals surface area contributed by atoms with E-state index in [0.29, 0.717) is 11.4 Å². The number of rotatable bonds is 2. The highest BCUT2D eigenvalue weighted by atomic mass is 16.5. The quantitative estimate of drug-likeness (QED) is 0.737. The Labute approximate surface area is 88.5 Å². The maximum absolute atomic E-state index is 8.80. The molecule has 0 spiro atoms. The number of hydrogen-bond acceptors (Lipinski definition) is 4. The average molecular weight is 204 g/mol. The van der Waals surface area contributed by atoms with Gasteiger partial charge >= 0.3 is 0 Å². The van der Waals surface area contributed by atoms with Gasteiger partial charge in [0.1, 0.15) is 11.6 Å². The van der Waals surface area contributed by atoms with Crippen molar-refractivity contribution < 1.29 is 9.47 Å². The van der Waals surface area contributed by atoms with Gasteiger partial charge in [0.15, 0.2) is 0 Å². The first-order chi connectivity index (χ1) is 7.35. The minimum Gasteiger partial charge on any atom is -0.480 e. The summed E-state index contributed by atoms with van der Waals surface area (Å²) < 4.78 is 10.6. The average Bonchev–Trinajstić information content (AvgIpc) is 2.81. The second-order valence-electron chi connectivity index (χ2n) is 3.41. The van der Waals surface area contributed by atoms with Crippen molar-refractivity contribution in [3.05, 3.63) is 23.4 Å². The fourth-order valence-corrected chi connectivity index (χ4v) is 1.69. The van der Waals surface area contributed by atoms with Crippen LogP contribution in [0.4, 0.5) is 0 Å². The number of hydrogen-bond donors (Lipinski definition) is 0. The lowest BCUT2D eigenvalue weighted by Crippen LogP contribution is -2.02. The van der Waals surface area contributed by atoms with E-state index in [1.807, 2.05) is 12.1 Å². The molecule has 1 unspecified atom stereocenters. The molecule has 0 saturated carbocycles. The standard InChI is InChI=1S/C11H12N2O2/c1-14-11-8(7-12)4-5-9(13-11)10-3-2-6-15-10/h4-5,10H,2-3,6H2,1H3. The SMILES string of the molecule is COc1nc(C2CCCO2)ccc1C#N. The van der Waals surface area contributed by atoms with E-state index in [-0.39, 0.29) is 6.10 Å². The highest BCUT2D eigenvalue weighted by Gasteiger charge is 2.20. The normalized spacial score (nSPS) is 19.9. The van der Waals surface area contributed by atoms with Crippen LogP contribution in [0.5, 0.6) is 5.88 Å². The van der Waals surface area contributed by atoms with Crippen LogP contribution >= 0.6 is 0 Å². The lowest BCUT2D eigenvalue weighted by atomic mass is 10.1. The first-order valence-corrected chi connectivity index (χ1v) is 4.92. The second-order valence-corrected chi connectivity index (χ2v) is 3.41. The fraction of sp³-hybridized carbons (Fsp3) is 0.455. The lowest BCUT2D eigenvalue weighted by molar-refractivity contribution is 0.108. The number of pyridine rings is 1. The first kappa shape index (κ1) is 9.94. The lowest BCUT2D eigenvalue weighted by Gasteiger charge is -2.10. The molecule has 0 amide bonds. The highest BCUT2D eigenvalue weighted by Crippen LogP contribution is 2.29. The Morgan fingerprint density at radius 3 is 3.07 bits per heavy atom. The summed E-state index contributed by atoms with van der Waals surface area (Å²) in [4.78, 5) is 4.27. The molecule has 1 aromatic rings. The summed E-state index contributed by atoms with van der Waals surface area (Å²) in [7, 11) is 1.52. The van der Waals surface area contributed by atoms with Gasteiger partial charge in [0.2, 0.25) is 5.88 Å². The van der Waals surface area contributed by atoms with Gasteiger partial charge in [0, 0.05) is 6.61 Å². The van der Waals surface area contributed by atoms with Crippen LogP contribution in [0.1, 0.15) is 30.2 Å². The second kappa shape index (κ2) is 4.28. The summed E-state index contributed by atoms with van der Waals surface area (Å²) in [5, 5.41) is 8.80. The molecule has 2 rings (SSSR count). The maximum Gasteiger partial charge on any atom is 0.231 e. The summed E-state index contributed by atoms with van der Waals surface area (Å²) in [5.41, 5.74) is 1.31. The molecule has 1 aliphatic rings. The molecule has 0 aliphatic carbocycles. The maximum atomic E-state index is 8.80. The highest BCUT2D eigenvalue weighted by molar-refractivity contribution is 5.39. The molecule has 0 N–H and O–H groups in total. The van der Waals surface area contributed by atoms with Crippen LogP contribution in [-0.4, -0.2) is 18.7 Å². The first-order valence-electron chi connectivity index (χ1n) is 4.92. The van der Waals surface area contributed by atoms with Gasteiger partial charge in [0.05, 0.1) is 18.9 Å². The molecule has 0 bridgehead atoms. The third kappa shape index (κ3) is 1.92. The Balaban J connectivity index is 2.30. The zero-order chi connectivity index (χ0) is 10.7. The summed E-state index contributed by atoms with van der Waals surface area (Å²) in [6, 6.07) is 5.59. The smallest absolute Gasteiger partial charge is 0.231 e. The van der Waals surface area contributed by atoms with Gasteiger partial charge in [-0.3, -0.25) is 0 Å². The van der Waals surface area contributed by atoms with Crippen LogP contribution in [0.25, 0.3) is 0 Å². The molecule has 1 saturated heterocycles. The monoisotopic (exact) mass is 204 g/mol. The molecule has 4 nitrogen and oxygen atoms in total. The Morgan fingerprint density at radius 2 is 2.47 bits per heavy atom. The molecule has 1 atom stereocenters. The van der Waals surface area contributed by atoms with E-state index in [1.165, 1.54) is 7.11 Å². The van der Waals surface area contributed by atoms with Crippen LogP contribution < -0.4 is 4.74 Å². The van der Waals surface area contributed by atoms with Gasteiger partial charge in [-0.05, 0) is 25.0 Å². The van der Waals surface area contributed by atoms with Gasteiger partial charge in [-0.15, -0.1) is 0 Å².